The van der Waals surface area contributed by atoms with Crippen molar-refractivity contribution in [3.8, 4) is 0 Å². The SMILES string of the molecule is C=CC(=O)N(C/C=C/CN(CCC)C(=O)C=C)CCC.C=CCN(C/C=C/C(C)N(CC=C)C(=O)C=C)C(=O)C=C. The lowest BCUT2D eigenvalue weighted by atomic mass is 10.2. The normalized spacial score (nSPS) is 10.9. The average molecular weight is 567 g/mol. The summed E-state index contributed by atoms with van der Waals surface area (Å²) in [4.78, 5) is 53.2. The molecule has 0 rings (SSSR count). The lowest BCUT2D eigenvalue weighted by molar-refractivity contribution is -0.127. The average Bonchev–Trinajstić information content (AvgIpc) is 2.98. The topological polar surface area (TPSA) is 81.2 Å². The molecule has 0 aromatic rings. The minimum Gasteiger partial charge on any atom is -0.335 e. The fraction of sp³-hybridized carbons (Fsp3) is 0.394. The maximum atomic E-state index is 11.7. The summed E-state index contributed by atoms with van der Waals surface area (Å²) in [5.74, 6) is -0.442. The molecule has 4 amide bonds. The number of amides is 4. The zero-order chi connectivity index (χ0) is 31.6. The van der Waals surface area contributed by atoms with Crippen molar-refractivity contribution in [1.82, 2.24) is 19.6 Å². The van der Waals surface area contributed by atoms with E-state index in [-0.39, 0.29) is 29.7 Å². The van der Waals surface area contributed by atoms with Crippen LogP contribution < -0.4 is 0 Å². The highest BCUT2D eigenvalue weighted by Gasteiger charge is 2.14. The first-order valence-corrected chi connectivity index (χ1v) is 13.8. The van der Waals surface area contributed by atoms with Crippen molar-refractivity contribution in [3.63, 3.8) is 0 Å². The van der Waals surface area contributed by atoms with Crippen molar-refractivity contribution in [2.45, 2.75) is 39.7 Å². The third kappa shape index (κ3) is 17.2. The lowest BCUT2D eigenvalue weighted by Gasteiger charge is -2.25. The Morgan fingerprint density at radius 2 is 0.951 bits per heavy atom. The van der Waals surface area contributed by atoms with E-state index >= 15 is 0 Å². The summed E-state index contributed by atoms with van der Waals surface area (Å²) in [6.07, 6.45) is 17.9. The second kappa shape index (κ2) is 24.8. The van der Waals surface area contributed by atoms with Crippen molar-refractivity contribution in [3.05, 3.63) is 100 Å². The van der Waals surface area contributed by atoms with Gasteiger partial charge in [-0.15, -0.1) is 13.2 Å². The molecule has 0 heterocycles. The predicted octanol–water partition coefficient (Wildman–Crippen LogP) is 4.72. The van der Waals surface area contributed by atoms with Gasteiger partial charge in [-0.05, 0) is 44.1 Å². The van der Waals surface area contributed by atoms with Gasteiger partial charge in [0, 0.05) is 51.9 Å². The van der Waals surface area contributed by atoms with Gasteiger partial charge in [-0.2, -0.15) is 0 Å². The van der Waals surface area contributed by atoms with Crippen LogP contribution in [-0.4, -0.2) is 95.1 Å². The second-order valence-corrected chi connectivity index (χ2v) is 8.84. The first kappa shape index (κ1) is 38.9. The van der Waals surface area contributed by atoms with Gasteiger partial charge in [0.2, 0.25) is 23.6 Å². The Labute approximate surface area is 248 Å². The van der Waals surface area contributed by atoms with Crippen molar-refractivity contribution in [2.75, 3.05) is 45.8 Å². The fourth-order valence-electron chi connectivity index (χ4n) is 3.53. The maximum absolute atomic E-state index is 11.7. The molecule has 8 heteroatoms. The molecule has 0 spiro atoms. The number of rotatable bonds is 20. The summed E-state index contributed by atoms with van der Waals surface area (Å²) >= 11 is 0. The second-order valence-electron chi connectivity index (χ2n) is 8.84. The zero-order valence-corrected chi connectivity index (χ0v) is 25.4. The molecule has 0 aromatic carbocycles. The first-order chi connectivity index (χ1) is 19.6. The quantitative estimate of drug-likeness (QED) is 0.158. The van der Waals surface area contributed by atoms with Gasteiger partial charge in [-0.3, -0.25) is 19.2 Å². The molecule has 0 saturated carbocycles. The molecule has 226 valence electrons. The van der Waals surface area contributed by atoms with Crippen LogP contribution in [0.1, 0.15) is 33.6 Å². The molecular weight excluding hydrogens is 516 g/mol. The number of hydrogen-bond acceptors (Lipinski definition) is 4. The Bertz CT molecular complexity index is 917. The molecular formula is C33H50N4O4. The van der Waals surface area contributed by atoms with Gasteiger partial charge in [0.15, 0.2) is 0 Å². The lowest BCUT2D eigenvalue weighted by Crippen LogP contribution is -2.36. The summed E-state index contributed by atoms with van der Waals surface area (Å²) in [7, 11) is 0. The molecule has 0 N–H and O–H groups in total. The van der Waals surface area contributed by atoms with E-state index in [1.54, 1.807) is 31.8 Å². The molecule has 1 unspecified atom stereocenters. The van der Waals surface area contributed by atoms with Crippen LogP contribution in [0, 0.1) is 0 Å². The predicted molar refractivity (Wildman–Crippen MR) is 171 cm³/mol. The largest absolute Gasteiger partial charge is 0.335 e. The number of hydrogen-bond donors (Lipinski definition) is 0. The van der Waals surface area contributed by atoms with Gasteiger partial charge >= 0.3 is 0 Å². The Hall–Kier alpha value is -4.20. The molecule has 1 atom stereocenters. The van der Waals surface area contributed by atoms with Crippen molar-refractivity contribution in [1.29, 1.82) is 0 Å². The molecule has 0 aliphatic carbocycles. The molecule has 0 aliphatic rings. The van der Waals surface area contributed by atoms with Crippen LogP contribution in [0.25, 0.3) is 0 Å². The summed E-state index contributed by atoms with van der Waals surface area (Å²) in [6.45, 7) is 31.0. The van der Waals surface area contributed by atoms with Crippen molar-refractivity contribution >= 4 is 23.6 Å². The Balaban J connectivity index is 0. The van der Waals surface area contributed by atoms with Gasteiger partial charge in [-0.1, -0.05) is 76.6 Å². The van der Waals surface area contributed by atoms with E-state index in [1.807, 2.05) is 45.1 Å². The molecule has 0 fully saturated rings. The number of carbonyl (C=O) groups excluding carboxylic acids is 4. The standard InChI is InChI=1S/C17H24N2O2.C16H26N2O2/c1-6-12-18(16(20)8-3)14-10-11-15(5)19(13-7-2)17(21)9-4;1-5-11-17(15(19)7-3)13-9-10-14-18(12-6-2)16(20)8-4/h6-11,15H,1-4,12-14H2,5H3;7-10H,3-6,11-14H2,1-2H3/b11-10+;10-9+. The van der Waals surface area contributed by atoms with Crippen molar-refractivity contribution < 1.29 is 19.2 Å². The van der Waals surface area contributed by atoms with Gasteiger partial charge in [0.1, 0.15) is 0 Å². The highest BCUT2D eigenvalue weighted by molar-refractivity contribution is 5.88. The van der Waals surface area contributed by atoms with Crippen LogP contribution in [0.2, 0.25) is 0 Å². The molecule has 0 aliphatic heterocycles. The van der Waals surface area contributed by atoms with Crippen LogP contribution in [0.15, 0.2) is 100 Å². The molecule has 41 heavy (non-hydrogen) atoms. The van der Waals surface area contributed by atoms with Gasteiger partial charge in [0.25, 0.3) is 0 Å². The molecule has 0 radical (unpaired) electrons. The van der Waals surface area contributed by atoms with Gasteiger partial charge in [-0.25, -0.2) is 0 Å². The summed E-state index contributed by atoms with van der Waals surface area (Å²) in [5.41, 5.74) is 0. The summed E-state index contributed by atoms with van der Waals surface area (Å²) in [6, 6.07) is -0.113. The highest BCUT2D eigenvalue weighted by Crippen LogP contribution is 2.04. The van der Waals surface area contributed by atoms with Crippen LogP contribution in [-0.2, 0) is 19.2 Å². The Morgan fingerprint density at radius 1 is 0.561 bits per heavy atom. The molecule has 0 saturated heterocycles. The fourth-order valence-corrected chi connectivity index (χ4v) is 3.53. The van der Waals surface area contributed by atoms with E-state index in [9.17, 15) is 19.2 Å². The van der Waals surface area contributed by atoms with E-state index in [4.69, 9.17) is 0 Å². The summed E-state index contributed by atoms with van der Waals surface area (Å²) in [5, 5.41) is 0. The third-order valence-electron chi connectivity index (χ3n) is 5.63. The first-order valence-electron chi connectivity index (χ1n) is 13.8. The Morgan fingerprint density at radius 3 is 1.32 bits per heavy atom. The number of carbonyl (C=O) groups is 4. The molecule has 0 bridgehead atoms. The summed E-state index contributed by atoms with van der Waals surface area (Å²) < 4.78 is 0. The van der Waals surface area contributed by atoms with Crippen molar-refractivity contribution in [2.24, 2.45) is 0 Å². The van der Waals surface area contributed by atoms with Gasteiger partial charge < -0.3 is 19.6 Å². The minimum absolute atomic E-state index is 0.0657. The highest BCUT2D eigenvalue weighted by atomic mass is 16.2. The third-order valence-corrected chi connectivity index (χ3v) is 5.63. The monoisotopic (exact) mass is 566 g/mol. The van der Waals surface area contributed by atoms with E-state index in [1.165, 1.54) is 24.3 Å². The molecule has 0 aromatic heterocycles. The minimum atomic E-state index is -0.155. The van der Waals surface area contributed by atoms with Crippen LogP contribution in [0.3, 0.4) is 0 Å². The number of nitrogens with zero attached hydrogens (tertiary/aromatic N) is 4. The van der Waals surface area contributed by atoms with E-state index in [0.29, 0.717) is 45.8 Å². The zero-order valence-electron chi connectivity index (χ0n) is 25.4. The van der Waals surface area contributed by atoms with Crippen LogP contribution in [0.4, 0.5) is 0 Å². The van der Waals surface area contributed by atoms with Gasteiger partial charge in [0.05, 0.1) is 0 Å². The Kier molecular flexibility index (Phi) is 23.6. The van der Waals surface area contributed by atoms with E-state index in [2.05, 4.69) is 39.5 Å². The van der Waals surface area contributed by atoms with Crippen LogP contribution in [0.5, 0.6) is 0 Å². The smallest absolute Gasteiger partial charge is 0.246 e. The molecule has 8 nitrogen and oxygen atoms in total. The van der Waals surface area contributed by atoms with Crippen LogP contribution >= 0.6 is 0 Å². The van der Waals surface area contributed by atoms with E-state index in [0.717, 1.165) is 12.8 Å². The van der Waals surface area contributed by atoms with E-state index < -0.39 is 0 Å². The maximum Gasteiger partial charge on any atom is 0.246 e.